The minimum Gasteiger partial charge on any atom is -0.335 e. The molecule has 7 nitrogen and oxygen atoms in total. The maximum Gasteiger partial charge on any atom is 0.265 e. The lowest BCUT2D eigenvalue weighted by molar-refractivity contribution is 0.0703. The first-order chi connectivity index (χ1) is 13.7. The van der Waals surface area contributed by atoms with Gasteiger partial charge in [-0.05, 0) is 19.1 Å². The summed E-state index contributed by atoms with van der Waals surface area (Å²) in [5.74, 6) is -0.193. The van der Waals surface area contributed by atoms with Crippen molar-refractivity contribution in [2.75, 3.05) is 26.2 Å². The Labute approximate surface area is 182 Å². The Morgan fingerprint density at radius 2 is 1.86 bits per heavy atom. The number of fused-ring (bicyclic) bond motifs is 1. The summed E-state index contributed by atoms with van der Waals surface area (Å²) in [7, 11) is -1.94. The summed E-state index contributed by atoms with van der Waals surface area (Å²) in [4.78, 5) is 15.3. The topological polar surface area (TPSA) is 75.5 Å². The van der Waals surface area contributed by atoms with Crippen LogP contribution in [-0.2, 0) is 17.1 Å². The average Bonchev–Trinajstić information content (AvgIpc) is 3.21. The maximum atomic E-state index is 13.0. The Morgan fingerprint density at radius 3 is 2.48 bits per heavy atom. The van der Waals surface area contributed by atoms with Crippen molar-refractivity contribution in [3.63, 3.8) is 0 Å². The summed E-state index contributed by atoms with van der Waals surface area (Å²) in [6, 6.07) is 5.32. The van der Waals surface area contributed by atoms with Gasteiger partial charge in [-0.2, -0.15) is 9.40 Å². The number of halogens is 2. The van der Waals surface area contributed by atoms with Gasteiger partial charge in [0.2, 0.25) is 10.0 Å². The van der Waals surface area contributed by atoms with E-state index in [9.17, 15) is 13.2 Å². The van der Waals surface area contributed by atoms with Crippen molar-refractivity contribution in [3.8, 4) is 0 Å². The van der Waals surface area contributed by atoms with Gasteiger partial charge < -0.3 is 4.90 Å². The van der Waals surface area contributed by atoms with Gasteiger partial charge in [-0.1, -0.05) is 29.3 Å². The Hall–Kier alpha value is -1.65. The molecule has 0 unspecified atom stereocenters. The smallest absolute Gasteiger partial charge is 0.265 e. The number of hydrogen-bond acceptors (Lipinski definition) is 5. The SMILES string of the molecule is Cc1c(S(=O)(=O)N2CCN(C(=O)c3sc4cc(Cl)ccc4c3Cl)CC2)cnn1C. The van der Waals surface area contributed by atoms with Crippen molar-refractivity contribution < 1.29 is 13.2 Å². The van der Waals surface area contributed by atoms with E-state index in [2.05, 4.69) is 5.10 Å². The summed E-state index contributed by atoms with van der Waals surface area (Å²) >= 11 is 13.8. The molecule has 29 heavy (non-hydrogen) atoms. The Bertz CT molecular complexity index is 1210. The number of piperazine rings is 1. The molecule has 1 aliphatic rings. The van der Waals surface area contributed by atoms with Gasteiger partial charge in [-0.15, -0.1) is 11.3 Å². The number of aromatic nitrogens is 2. The number of nitrogens with zero attached hydrogens (tertiary/aromatic N) is 4. The second-order valence-corrected chi connectivity index (χ2v) is 10.6. The molecule has 3 aromatic rings. The highest BCUT2D eigenvalue weighted by Crippen LogP contribution is 2.37. The number of sulfonamides is 1. The van der Waals surface area contributed by atoms with Crippen molar-refractivity contribution in [3.05, 3.63) is 45.0 Å². The number of carbonyl (C=O) groups excluding carboxylic acids is 1. The van der Waals surface area contributed by atoms with Gasteiger partial charge in [-0.3, -0.25) is 9.48 Å². The Balaban J connectivity index is 1.52. The second-order valence-electron chi connectivity index (χ2n) is 6.80. The second kappa shape index (κ2) is 7.55. The third-order valence-corrected chi connectivity index (χ3v) is 9.00. The van der Waals surface area contributed by atoms with Crippen LogP contribution in [0, 0.1) is 6.92 Å². The number of amides is 1. The molecule has 3 heterocycles. The molecule has 154 valence electrons. The molecule has 0 atom stereocenters. The normalized spacial score (nSPS) is 15.9. The molecular weight excluding hydrogens is 455 g/mol. The van der Waals surface area contributed by atoms with Gasteiger partial charge in [0.25, 0.3) is 5.91 Å². The van der Waals surface area contributed by atoms with E-state index < -0.39 is 10.0 Å². The highest BCUT2D eigenvalue weighted by Gasteiger charge is 2.33. The molecule has 0 bridgehead atoms. The fourth-order valence-electron chi connectivity index (χ4n) is 3.32. The molecule has 1 amide bonds. The molecule has 0 spiro atoms. The van der Waals surface area contributed by atoms with E-state index in [1.54, 1.807) is 37.1 Å². The highest BCUT2D eigenvalue weighted by atomic mass is 35.5. The number of aryl methyl sites for hydroxylation is 1. The zero-order chi connectivity index (χ0) is 20.9. The van der Waals surface area contributed by atoms with Crippen LogP contribution in [0.1, 0.15) is 15.4 Å². The van der Waals surface area contributed by atoms with Crippen LogP contribution in [0.2, 0.25) is 10.0 Å². The van der Waals surface area contributed by atoms with Crippen LogP contribution >= 0.6 is 34.5 Å². The van der Waals surface area contributed by atoms with Gasteiger partial charge in [-0.25, -0.2) is 8.42 Å². The number of benzene rings is 1. The van der Waals surface area contributed by atoms with E-state index in [0.717, 1.165) is 10.1 Å². The molecule has 1 fully saturated rings. The van der Waals surface area contributed by atoms with Crippen molar-refractivity contribution in [2.24, 2.45) is 7.05 Å². The van der Waals surface area contributed by atoms with E-state index in [-0.39, 0.29) is 23.9 Å². The summed E-state index contributed by atoms with van der Waals surface area (Å²) in [6.07, 6.45) is 1.37. The zero-order valence-electron chi connectivity index (χ0n) is 15.7. The van der Waals surface area contributed by atoms with Crippen LogP contribution in [0.15, 0.2) is 29.3 Å². The third kappa shape index (κ3) is 3.55. The van der Waals surface area contributed by atoms with E-state index in [0.29, 0.717) is 33.7 Å². The minimum absolute atomic E-state index is 0.193. The monoisotopic (exact) mass is 472 g/mol. The summed E-state index contributed by atoms with van der Waals surface area (Å²) in [6.45, 7) is 2.74. The van der Waals surface area contributed by atoms with E-state index >= 15 is 0 Å². The van der Waals surface area contributed by atoms with Gasteiger partial charge in [0.1, 0.15) is 9.77 Å². The van der Waals surface area contributed by atoms with Crippen molar-refractivity contribution in [1.29, 1.82) is 0 Å². The molecule has 1 aliphatic heterocycles. The van der Waals surface area contributed by atoms with Gasteiger partial charge in [0, 0.05) is 48.3 Å². The predicted molar refractivity (Wildman–Crippen MR) is 114 cm³/mol. The van der Waals surface area contributed by atoms with Crippen molar-refractivity contribution in [2.45, 2.75) is 11.8 Å². The lowest BCUT2D eigenvalue weighted by atomic mass is 10.2. The molecule has 2 aromatic heterocycles. The molecule has 0 N–H and O–H groups in total. The lowest BCUT2D eigenvalue weighted by Crippen LogP contribution is -2.50. The van der Waals surface area contributed by atoms with E-state index in [4.69, 9.17) is 23.2 Å². The van der Waals surface area contributed by atoms with Crippen LogP contribution in [-0.4, -0.2) is 59.5 Å². The zero-order valence-corrected chi connectivity index (χ0v) is 18.9. The van der Waals surface area contributed by atoms with Gasteiger partial charge in [0.15, 0.2) is 0 Å². The third-order valence-electron chi connectivity index (χ3n) is 5.12. The number of carbonyl (C=O) groups is 1. The molecule has 1 aromatic carbocycles. The van der Waals surface area contributed by atoms with Crippen LogP contribution < -0.4 is 0 Å². The Kier molecular flexibility index (Phi) is 5.37. The number of thiophene rings is 1. The van der Waals surface area contributed by atoms with Crippen LogP contribution in [0.3, 0.4) is 0 Å². The van der Waals surface area contributed by atoms with Crippen molar-refractivity contribution in [1.82, 2.24) is 19.0 Å². The first kappa shape index (κ1) is 20.6. The first-order valence-corrected chi connectivity index (χ1v) is 11.9. The standard InChI is InChI=1S/C18H18Cl2N4O3S2/c1-11-15(10-21-22(11)2)29(26,27)24-7-5-23(6-8-24)18(25)17-16(20)13-4-3-12(19)9-14(13)28-17/h3-4,9-10H,5-8H2,1-2H3. The molecular formula is C18H18Cl2N4O3S2. The molecule has 4 rings (SSSR count). The molecule has 0 aliphatic carbocycles. The van der Waals surface area contributed by atoms with Gasteiger partial charge in [0.05, 0.1) is 16.9 Å². The summed E-state index contributed by atoms with van der Waals surface area (Å²) < 4.78 is 29.6. The molecule has 1 saturated heterocycles. The highest BCUT2D eigenvalue weighted by molar-refractivity contribution is 7.89. The number of hydrogen-bond donors (Lipinski definition) is 0. The van der Waals surface area contributed by atoms with Crippen molar-refractivity contribution >= 4 is 60.6 Å². The summed E-state index contributed by atoms with van der Waals surface area (Å²) in [5.41, 5.74) is 0.583. The lowest BCUT2D eigenvalue weighted by Gasteiger charge is -2.33. The summed E-state index contributed by atoms with van der Waals surface area (Å²) in [5, 5.41) is 5.80. The van der Waals surface area contributed by atoms with E-state index in [1.807, 2.05) is 0 Å². The van der Waals surface area contributed by atoms with Crippen LogP contribution in [0.5, 0.6) is 0 Å². The largest absolute Gasteiger partial charge is 0.335 e. The predicted octanol–water partition coefficient (Wildman–Crippen LogP) is 3.40. The van der Waals surface area contributed by atoms with Crippen LogP contribution in [0.25, 0.3) is 10.1 Å². The maximum absolute atomic E-state index is 13.0. The quantitative estimate of drug-likeness (QED) is 0.585. The fourth-order valence-corrected chi connectivity index (χ4v) is 6.69. The fraction of sp³-hybridized carbons (Fsp3) is 0.333. The van der Waals surface area contributed by atoms with Crippen LogP contribution in [0.4, 0.5) is 0 Å². The average molecular weight is 473 g/mol. The van der Waals surface area contributed by atoms with E-state index in [1.165, 1.54) is 26.5 Å². The Morgan fingerprint density at radius 1 is 1.17 bits per heavy atom. The molecule has 0 radical (unpaired) electrons. The minimum atomic E-state index is -3.65. The molecule has 0 saturated carbocycles. The van der Waals surface area contributed by atoms with Gasteiger partial charge >= 0.3 is 0 Å². The first-order valence-electron chi connectivity index (χ1n) is 8.85. The molecule has 11 heteroatoms. The number of rotatable bonds is 3.